The lowest BCUT2D eigenvalue weighted by molar-refractivity contribution is -0.0433. The average Bonchev–Trinajstić information content (AvgIpc) is 3.27. The fourth-order valence-electron chi connectivity index (χ4n) is 6.43. The molecule has 3 atom stereocenters. The van der Waals surface area contributed by atoms with Crippen molar-refractivity contribution in [1.82, 2.24) is 9.80 Å². The van der Waals surface area contributed by atoms with Crippen LogP contribution in [0.15, 0.2) is 59.6 Å². The van der Waals surface area contributed by atoms with E-state index in [0.29, 0.717) is 17.6 Å². The lowest BCUT2D eigenvalue weighted by atomic mass is 9.74. The molecule has 2 aliphatic rings. The molecule has 1 saturated carbocycles. The summed E-state index contributed by atoms with van der Waals surface area (Å²) in [6, 6.07) is 17.6. The van der Waals surface area contributed by atoms with E-state index in [0.717, 1.165) is 50.8 Å². The Kier molecular flexibility index (Phi) is 10.9. The molecule has 3 unspecified atom stereocenters. The van der Waals surface area contributed by atoms with Crippen molar-refractivity contribution in [1.29, 1.82) is 0 Å². The molecular weight excluding hydrogens is 525 g/mol. The highest BCUT2D eigenvalue weighted by Crippen LogP contribution is 2.43. The minimum Gasteiger partial charge on any atom is -0.438 e. The third-order valence-electron chi connectivity index (χ3n) is 8.34. The van der Waals surface area contributed by atoms with Gasteiger partial charge in [-0.3, -0.25) is 0 Å². The molecule has 4 rings (SSSR count). The number of carbonyl (C=O) groups excluding carboxylic acids is 1. The lowest BCUT2D eigenvalue weighted by Gasteiger charge is -2.41. The molecule has 1 fully saturated rings. The number of ether oxygens (including phenoxy) is 2. The first-order valence-electron chi connectivity index (χ1n) is 14.5. The van der Waals surface area contributed by atoms with Crippen molar-refractivity contribution in [3.63, 3.8) is 0 Å². The van der Waals surface area contributed by atoms with Crippen LogP contribution in [-0.2, 0) is 15.2 Å². The first-order valence-corrected chi connectivity index (χ1v) is 15.6. The van der Waals surface area contributed by atoms with E-state index >= 15 is 0 Å². The Morgan fingerprint density at radius 3 is 2.45 bits per heavy atom. The molecule has 1 aliphatic heterocycles. The number of thioether (sulfide) groups is 1. The van der Waals surface area contributed by atoms with Crippen LogP contribution < -0.4 is 0 Å². The molecule has 1 aliphatic carbocycles. The van der Waals surface area contributed by atoms with E-state index in [2.05, 4.69) is 43.0 Å². The lowest BCUT2D eigenvalue weighted by Crippen LogP contribution is -2.51. The molecule has 1 heterocycles. The monoisotopic (exact) mass is 569 g/mol. The fourth-order valence-corrected chi connectivity index (χ4v) is 7.58. The van der Waals surface area contributed by atoms with Crippen LogP contribution in [0.3, 0.4) is 0 Å². The topological polar surface area (TPSA) is 54.4 Å². The molecule has 6 nitrogen and oxygen atoms in total. The van der Waals surface area contributed by atoms with E-state index < -0.39 is 11.9 Å². The molecular formula is C32H44FN3O3S. The van der Waals surface area contributed by atoms with Gasteiger partial charge in [0.05, 0.1) is 25.2 Å². The summed E-state index contributed by atoms with van der Waals surface area (Å²) >= 11 is 1.74. The summed E-state index contributed by atoms with van der Waals surface area (Å²) in [4.78, 5) is 21.9. The average molecular weight is 570 g/mol. The molecule has 0 amide bonds. The maximum Gasteiger partial charge on any atom is 0.510 e. The molecule has 0 radical (unpaired) electrons. The number of methoxy groups -OCH3 is 1. The zero-order valence-electron chi connectivity index (χ0n) is 24.3. The van der Waals surface area contributed by atoms with Gasteiger partial charge < -0.3 is 19.3 Å². The van der Waals surface area contributed by atoms with Gasteiger partial charge in [0.25, 0.3) is 0 Å². The van der Waals surface area contributed by atoms with E-state index in [9.17, 15) is 9.18 Å². The van der Waals surface area contributed by atoms with Gasteiger partial charge in [0.2, 0.25) is 5.72 Å². The van der Waals surface area contributed by atoms with Crippen LogP contribution in [0.25, 0.3) is 0 Å². The van der Waals surface area contributed by atoms with Crippen LogP contribution in [0.4, 0.5) is 9.18 Å². The van der Waals surface area contributed by atoms with E-state index in [4.69, 9.17) is 14.5 Å². The van der Waals surface area contributed by atoms with Crippen molar-refractivity contribution >= 4 is 24.3 Å². The van der Waals surface area contributed by atoms with Crippen LogP contribution in [0, 0.1) is 17.7 Å². The smallest absolute Gasteiger partial charge is 0.438 e. The number of nitrogens with zero attached hydrogens (tertiary/aromatic N) is 3. The fraction of sp³-hybridized carbons (Fsp3) is 0.562. The zero-order chi connectivity index (χ0) is 28.5. The van der Waals surface area contributed by atoms with Gasteiger partial charge in [-0.1, -0.05) is 62.2 Å². The minimum atomic E-state index is -0.973. The van der Waals surface area contributed by atoms with Gasteiger partial charge in [-0.05, 0) is 74.9 Å². The summed E-state index contributed by atoms with van der Waals surface area (Å²) < 4.78 is 24.6. The Labute approximate surface area is 243 Å². The predicted octanol–water partition coefficient (Wildman–Crippen LogP) is 7.16. The Morgan fingerprint density at radius 2 is 1.82 bits per heavy atom. The summed E-state index contributed by atoms with van der Waals surface area (Å²) in [5.74, 6) is 2.23. The summed E-state index contributed by atoms with van der Waals surface area (Å²) in [6.45, 7) is 3.03. The molecule has 8 heteroatoms. The van der Waals surface area contributed by atoms with Crippen molar-refractivity contribution in [2.45, 2.75) is 69.0 Å². The van der Waals surface area contributed by atoms with Gasteiger partial charge in [0.1, 0.15) is 5.82 Å². The number of halogens is 1. The molecule has 218 valence electrons. The Bertz CT molecular complexity index is 1090. The third kappa shape index (κ3) is 7.58. The van der Waals surface area contributed by atoms with Crippen LogP contribution in [0.2, 0.25) is 0 Å². The Hall–Kier alpha value is -2.58. The van der Waals surface area contributed by atoms with Crippen LogP contribution in [0.1, 0.15) is 62.6 Å². The quantitative estimate of drug-likeness (QED) is 0.253. The third-order valence-corrected chi connectivity index (χ3v) is 9.49. The number of hydrogen-bond acceptors (Lipinski definition) is 7. The van der Waals surface area contributed by atoms with Crippen LogP contribution in [-0.4, -0.2) is 67.6 Å². The van der Waals surface area contributed by atoms with Crippen molar-refractivity contribution < 1.29 is 18.7 Å². The van der Waals surface area contributed by atoms with Gasteiger partial charge in [0, 0.05) is 18.3 Å². The van der Waals surface area contributed by atoms with Gasteiger partial charge in [-0.2, -0.15) is 11.8 Å². The maximum atomic E-state index is 13.6. The molecule has 0 spiro atoms. The van der Waals surface area contributed by atoms with Crippen molar-refractivity contribution in [2.75, 3.05) is 33.5 Å². The maximum absolute atomic E-state index is 13.6. The van der Waals surface area contributed by atoms with Gasteiger partial charge in [0.15, 0.2) is 0 Å². The van der Waals surface area contributed by atoms with E-state index in [-0.39, 0.29) is 17.9 Å². The second-order valence-electron chi connectivity index (χ2n) is 11.4. The largest absolute Gasteiger partial charge is 0.510 e. The van der Waals surface area contributed by atoms with Gasteiger partial charge >= 0.3 is 6.16 Å². The minimum absolute atomic E-state index is 0.0295. The summed E-state index contributed by atoms with van der Waals surface area (Å²) in [6.07, 6.45) is 7.55. The SMILES string of the molecule is CCCN1C=NC(CSCc2ccccc2)(OC(=O)OC)C1CC1CCC(C(c2ccc(F)cc2)N(C)C)CC1. The van der Waals surface area contributed by atoms with Crippen LogP contribution in [0.5, 0.6) is 0 Å². The van der Waals surface area contributed by atoms with E-state index in [1.807, 2.05) is 36.7 Å². The normalized spacial score (nSPS) is 25.2. The molecule has 0 saturated heterocycles. The summed E-state index contributed by atoms with van der Waals surface area (Å²) in [5.41, 5.74) is 1.44. The van der Waals surface area contributed by atoms with E-state index in [1.54, 1.807) is 23.9 Å². The summed E-state index contributed by atoms with van der Waals surface area (Å²) in [5, 5.41) is 0. The van der Waals surface area contributed by atoms with E-state index in [1.165, 1.54) is 18.2 Å². The first-order chi connectivity index (χ1) is 19.3. The number of carbonyl (C=O) groups is 1. The number of aliphatic imine (C=N–C) groups is 1. The second-order valence-corrected chi connectivity index (χ2v) is 12.3. The zero-order valence-corrected chi connectivity index (χ0v) is 25.1. The van der Waals surface area contributed by atoms with Crippen molar-refractivity contribution in [2.24, 2.45) is 16.8 Å². The standard InChI is InChI=1S/C32H44FN3O3S/c1-5-19-36-23-34-32(39-31(37)38-4,22-40-21-25-9-7-6-8-10-25)29(36)20-24-11-13-26(14-12-24)30(35(2)3)27-15-17-28(33)18-16-27/h6-10,15-18,23-24,26,29-30H,5,11-14,19-22H2,1-4H3. The van der Waals surface area contributed by atoms with Crippen molar-refractivity contribution in [3.8, 4) is 0 Å². The second kappa shape index (κ2) is 14.4. The number of rotatable bonds is 12. The summed E-state index contributed by atoms with van der Waals surface area (Å²) in [7, 11) is 5.59. The van der Waals surface area contributed by atoms with Crippen molar-refractivity contribution in [3.05, 3.63) is 71.5 Å². The molecule has 0 aromatic heterocycles. The first kappa shape index (κ1) is 30.4. The predicted molar refractivity (Wildman–Crippen MR) is 161 cm³/mol. The highest BCUT2D eigenvalue weighted by molar-refractivity contribution is 7.98. The highest BCUT2D eigenvalue weighted by Gasteiger charge is 2.50. The molecule has 0 N–H and O–H groups in total. The Morgan fingerprint density at radius 1 is 1.12 bits per heavy atom. The molecule has 2 aromatic rings. The molecule has 40 heavy (non-hydrogen) atoms. The molecule has 2 aromatic carbocycles. The van der Waals surface area contributed by atoms with Gasteiger partial charge in [-0.15, -0.1) is 0 Å². The number of hydrogen-bond donors (Lipinski definition) is 0. The Balaban J connectivity index is 1.46. The molecule has 0 bridgehead atoms. The van der Waals surface area contributed by atoms with Gasteiger partial charge in [-0.25, -0.2) is 14.2 Å². The highest BCUT2D eigenvalue weighted by atomic mass is 32.2. The van der Waals surface area contributed by atoms with Crippen LogP contribution >= 0.6 is 11.8 Å². The number of benzene rings is 2.